The van der Waals surface area contributed by atoms with E-state index >= 15 is 0 Å². The van der Waals surface area contributed by atoms with Gasteiger partial charge in [0.2, 0.25) is 11.8 Å². The number of ketones is 1. The number of halogens is 3. The fourth-order valence-corrected chi connectivity index (χ4v) is 5.69. The van der Waals surface area contributed by atoms with Crippen LogP contribution in [0.1, 0.15) is 40.1 Å². The molecule has 5 rings (SSSR count). The first-order valence-corrected chi connectivity index (χ1v) is 14.2. The maximum atomic E-state index is 14.6. The van der Waals surface area contributed by atoms with Crippen molar-refractivity contribution in [3.63, 3.8) is 0 Å². The molecule has 0 spiro atoms. The number of fused-ring (bicyclic) bond motifs is 2. The van der Waals surface area contributed by atoms with Crippen LogP contribution in [0.5, 0.6) is 5.75 Å². The number of carbonyl (C=O) groups is 4. The number of hydrogen-bond donors (Lipinski definition) is 2. The normalized spacial score (nSPS) is 15.9. The molecule has 0 saturated carbocycles. The van der Waals surface area contributed by atoms with E-state index in [4.69, 9.17) is 10.5 Å². The Bertz CT molecular complexity index is 1800. The molecule has 0 aliphatic carbocycles. The molecule has 46 heavy (non-hydrogen) atoms. The first kappa shape index (κ1) is 34.0. The van der Waals surface area contributed by atoms with E-state index in [1.165, 1.54) is 48.9 Å². The Hall–Kier alpha value is -4.87. The quantitative estimate of drug-likeness (QED) is 0.236. The highest BCUT2D eigenvalue weighted by molar-refractivity contribution is 6.13. The first-order valence-electron chi connectivity index (χ1n) is 14.2. The Morgan fingerprint density at radius 2 is 1.57 bits per heavy atom. The number of primary amides is 1. The zero-order valence-corrected chi connectivity index (χ0v) is 26.1. The molecule has 0 saturated heterocycles. The average molecular weight is 651 g/mol. The monoisotopic (exact) mass is 650 g/mol. The number of rotatable bonds is 9. The molecule has 9 nitrogen and oxygen atoms in total. The minimum atomic E-state index is -3.12. The molecule has 2 atom stereocenters. The van der Waals surface area contributed by atoms with E-state index in [-0.39, 0.29) is 42.6 Å². The van der Waals surface area contributed by atoms with Crippen molar-refractivity contribution in [3.8, 4) is 5.75 Å². The summed E-state index contributed by atoms with van der Waals surface area (Å²) in [5.41, 5.74) is 5.90. The molecule has 3 N–H and O–H groups in total. The van der Waals surface area contributed by atoms with Gasteiger partial charge in [0.15, 0.2) is 5.78 Å². The van der Waals surface area contributed by atoms with E-state index in [1.807, 2.05) is 6.07 Å². The number of nitrogens with one attached hydrogen (secondary N) is 1. The van der Waals surface area contributed by atoms with Gasteiger partial charge in [0.25, 0.3) is 5.91 Å². The van der Waals surface area contributed by atoms with Gasteiger partial charge in [-0.15, -0.1) is 12.4 Å². The summed E-state index contributed by atoms with van der Waals surface area (Å²) in [6, 6.07) is 23.0. The van der Waals surface area contributed by atoms with E-state index in [0.717, 1.165) is 5.39 Å². The van der Waals surface area contributed by atoms with Gasteiger partial charge in [-0.3, -0.25) is 19.2 Å². The zero-order valence-electron chi connectivity index (χ0n) is 25.3. The highest BCUT2D eigenvalue weighted by atomic mass is 35.5. The van der Waals surface area contributed by atoms with Gasteiger partial charge in [0.05, 0.1) is 23.8 Å². The minimum absolute atomic E-state index is 0. The highest BCUT2D eigenvalue weighted by Crippen LogP contribution is 2.40. The molecule has 1 aliphatic rings. The van der Waals surface area contributed by atoms with Crippen LogP contribution < -0.4 is 25.6 Å². The number of amides is 3. The zero-order chi connectivity index (χ0) is 32.5. The van der Waals surface area contributed by atoms with Crippen LogP contribution in [-0.2, 0) is 16.1 Å². The van der Waals surface area contributed by atoms with Gasteiger partial charge in [-0.2, -0.15) is 8.78 Å². The Morgan fingerprint density at radius 1 is 0.957 bits per heavy atom. The van der Waals surface area contributed by atoms with Crippen LogP contribution in [0.4, 0.5) is 20.2 Å². The molecule has 0 aromatic heterocycles. The molecule has 4 aromatic carbocycles. The van der Waals surface area contributed by atoms with Crippen molar-refractivity contribution in [2.45, 2.75) is 32.5 Å². The van der Waals surface area contributed by atoms with Crippen molar-refractivity contribution in [2.75, 3.05) is 23.4 Å². The molecule has 1 aliphatic heterocycles. The second-order valence-corrected chi connectivity index (χ2v) is 11.0. The van der Waals surface area contributed by atoms with Crippen LogP contribution in [0.25, 0.3) is 10.8 Å². The highest BCUT2D eigenvalue weighted by Gasteiger charge is 2.49. The number of nitrogens with zero attached hydrogens (tertiary/aromatic N) is 2. The molecule has 0 fully saturated rings. The number of ether oxygens (including phenoxy) is 1. The van der Waals surface area contributed by atoms with Gasteiger partial charge >= 0.3 is 6.61 Å². The Labute approximate surface area is 270 Å². The third kappa shape index (κ3) is 6.29. The Kier molecular flexibility index (Phi) is 10.1. The van der Waals surface area contributed by atoms with Gasteiger partial charge < -0.3 is 25.6 Å². The van der Waals surface area contributed by atoms with Gasteiger partial charge in [-0.1, -0.05) is 54.6 Å². The van der Waals surface area contributed by atoms with Crippen LogP contribution in [0.15, 0.2) is 84.9 Å². The molecule has 1 unspecified atom stereocenters. The molecular weight excluding hydrogens is 618 g/mol. The lowest BCUT2D eigenvalue weighted by atomic mass is 9.83. The molecular formula is C34H33ClF2N4O5. The Morgan fingerprint density at radius 3 is 2.17 bits per heavy atom. The van der Waals surface area contributed by atoms with Crippen LogP contribution in [0.2, 0.25) is 0 Å². The number of para-hydroxylation sites is 2. The smallest absolute Gasteiger partial charge is 0.387 e. The lowest BCUT2D eigenvalue weighted by Crippen LogP contribution is -2.63. The van der Waals surface area contributed by atoms with Gasteiger partial charge in [-0.25, -0.2) is 0 Å². The number of anilines is 2. The van der Waals surface area contributed by atoms with Gasteiger partial charge in [-0.05, 0) is 62.0 Å². The SMILES string of the molecule is CNC(C)(C(N)=O)[C@@H]1CN(C(=O)c2ccc(C(C)=O)cc2)c2ccccc2N(Cc2c(OC(F)F)ccc3ccccc23)C1=O.Cl. The number of nitrogens with two attached hydrogens (primary N) is 1. The maximum Gasteiger partial charge on any atom is 0.387 e. The lowest BCUT2D eigenvalue weighted by molar-refractivity contribution is -0.133. The molecule has 1 heterocycles. The van der Waals surface area contributed by atoms with Gasteiger partial charge in [0.1, 0.15) is 11.3 Å². The lowest BCUT2D eigenvalue weighted by Gasteiger charge is -2.36. The van der Waals surface area contributed by atoms with Crippen molar-refractivity contribution < 1.29 is 32.7 Å². The summed E-state index contributed by atoms with van der Waals surface area (Å²) < 4.78 is 32.0. The van der Waals surface area contributed by atoms with Crippen LogP contribution >= 0.6 is 12.4 Å². The largest absolute Gasteiger partial charge is 0.434 e. The number of carbonyl (C=O) groups excluding carboxylic acids is 4. The molecule has 0 radical (unpaired) electrons. The second-order valence-electron chi connectivity index (χ2n) is 11.0. The van der Waals surface area contributed by atoms with E-state index in [1.54, 1.807) is 60.7 Å². The fourth-order valence-electron chi connectivity index (χ4n) is 5.69. The van der Waals surface area contributed by atoms with E-state index in [9.17, 15) is 28.0 Å². The van der Waals surface area contributed by atoms with Crippen LogP contribution in [0, 0.1) is 5.92 Å². The first-order chi connectivity index (χ1) is 21.5. The Balaban J connectivity index is 0.00000480. The molecule has 12 heteroatoms. The van der Waals surface area contributed by atoms with Crippen molar-refractivity contribution in [2.24, 2.45) is 11.7 Å². The molecule has 4 aromatic rings. The third-order valence-corrected chi connectivity index (χ3v) is 8.43. The summed E-state index contributed by atoms with van der Waals surface area (Å²) in [6.07, 6.45) is 0. The number of hydrogen-bond acceptors (Lipinski definition) is 6. The average Bonchev–Trinajstić information content (AvgIpc) is 3.15. The maximum absolute atomic E-state index is 14.6. The predicted octanol–water partition coefficient (Wildman–Crippen LogP) is 5.34. The number of alkyl halides is 2. The van der Waals surface area contributed by atoms with Crippen molar-refractivity contribution in [1.82, 2.24) is 5.32 Å². The number of benzene rings is 4. The third-order valence-electron chi connectivity index (χ3n) is 8.43. The predicted molar refractivity (Wildman–Crippen MR) is 174 cm³/mol. The van der Waals surface area contributed by atoms with Crippen LogP contribution in [0.3, 0.4) is 0 Å². The minimum Gasteiger partial charge on any atom is -0.434 e. The molecule has 3 amide bonds. The summed E-state index contributed by atoms with van der Waals surface area (Å²) in [5.74, 6) is -3.34. The fraction of sp³-hybridized carbons (Fsp3) is 0.235. The summed E-state index contributed by atoms with van der Waals surface area (Å²) in [7, 11) is 1.49. The summed E-state index contributed by atoms with van der Waals surface area (Å²) >= 11 is 0. The summed E-state index contributed by atoms with van der Waals surface area (Å²) in [6.45, 7) is -0.670. The topological polar surface area (TPSA) is 122 Å². The number of Topliss-reactive ketones (excluding diaryl/α,β-unsaturated/α-hetero) is 1. The van der Waals surface area contributed by atoms with E-state index < -0.39 is 35.8 Å². The van der Waals surface area contributed by atoms with E-state index in [0.29, 0.717) is 27.9 Å². The number of likely N-dealkylation sites (N-methyl/N-ethyl adjacent to an activating group) is 1. The molecule has 0 bridgehead atoms. The summed E-state index contributed by atoms with van der Waals surface area (Å²) in [5, 5.41) is 4.21. The van der Waals surface area contributed by atoms with Crippen molar-refractivity contribution in [3.05, 3.63) is 102 Å². The molecule has 240 valence electrons. The summed E-state index contributed by atoms with van der Waals surface area (Å²) in [4.78, 5) is 56.3. The van der Waals surface area contributed by atoms with Crippen LogP contribution in [-0.4, -0.2) is 49.2 Å². The second kappa shape index (κ2) is 13.6. The standard InChI is InChI=1S/C34H32F2N4O5.ClH/c1-20(41)21-12-14-23(15-13-21)30(42)40-19-26(34(2,38-3)32(37)44)31(43)39(27-10-6-7-11-28(27)40)18-25-24-9-5-4-8-22(24)16-17-29(25)45-33(35)36;/h4-17,26,33,38H,18-19H2,1-3H3,(H2,37,44);1H/t26-,34?;/m1./s1. The van der Waals surface area contributed by atoms with Crippen molar-refractivity contribution in [1.29, 1.82) is 0 Å². The van der Waals surface area contributed by atoms with E-state index in [2.05, 4.69) is 5.32 Å². The van der Waals surface area contributed by atoms with Gasteiger partial charge in [0, 0.05) is 23.2 Å². The van der Waals surface area contributed by atoms with Crippen molar-refractivity contribution >= 4 is 58.1 Å².